The maximum Gasteiger partial charge on any atom is 0.264 e. The highest BCUT2D eigenvalue weighted by Gasteiger charge is 2.50. The van der Waals surface area contributed by atoms with E-state index in [9.17, 15) is 14.4 Å². The number of methoxy groups -OCH3 is 2. The number of ether oxygens (including phenoxy) is 2. The van der Waals surface area contributed by atoms with E-state index < -0.39 is 6.17 Å². The van der Waals surface area contributed by atoms with E-state index in [1.807, 2.05) is 29.9 Å². The number of benzene rings is 2. The van der Waals surface area contributed by atoms with Gasteiger partial charge >= 0.3 is 0 Å². The number of para-hydroxylation sites is 1. The van der Waals surface area contributed by atoms with Crippen molar-refractivity contribution in [3.8, 4) is 11.5 Å². The summed E-state index contributed by atoms with van der Waals surface area (Å²) in [6.45, 7) is 0.121. The molecule has 5 rings (SSSR count). The second kappa shape index (κ2) is 8.26. The number of aromatic nitrogens is 1. The summed E-state index contributed by atoms with van der Waals surface area (Å²) < 4.78 is 12.8. The molecule has 3 amide bonds. The number of carbonyl (C=O) groups excluding carboxylic acids is 3. The van der Waals surface area contributed by atoms with Gasteiger partial charge in [-0.15, -0.1) is 0 Å². The number of hydrogen-bond donors (Lipinski definition) is 1. The Kier molecular flexibility index (Phi) is 5.24. The van der Waals surface area contributed by atoms with Crippen molar-refractivity contribution in [3.05, 3.63) is 77.1 Å². The van der Waals surface area contributed by atoms with Crippen LogP contribution >= 0.6 is 0 Å². The predicted octanol–water partition coefficient (Wildman–Crippen LogP) is 2.47. The van der Waals surface area contributed by atoms with Crippen LogP contribution in [0.4, 0.5) is 5.69 Å². The Morgan fingerprint density at radius 1 is 1.00 bits per heavy atom. The van der Waals surface area contributed by atoms with Crippen molar-refractivity contribution >= 4 is 23.4 Å². The van der Waals surface area contributed by atoms with Crippen LogP contribution in [-0.2, 0) is 18.4 Å². The number of amides is 3. The van der Waals surface area contributed by atoms with Gasteiger partial charge in [0.25, 0.3) is 11.8 Å². The molecule has 2 aliphatic heterocycles. The van der Waals surface area contributed by atoms with Crippen molar-refractivity contribution in [2.75, 3.05) is 25.7 Å². The zero-order chi connectivity index (χ0) is 24.0. The third kappa shape index (κ3) is 3.20. The maximum absolute atomic E-state index is 13.6. The molecule has 0 spiro atoms. The highest BCUT2D eigenvalue weighted by molar-refractivity contribution is 6.18. The Hall–Kier alpha value is -4.27. The lowest BCUT2D eigenvalue weighted by Gasteiger charge is -2.40. The van der Waals surface area contributed by atoms with Crippen molar-refractivity contribution < 1.29 is 23.9 Å². The molecule has 0 unspecified atom stereocenters. The second-order valence-corrected chi connectivity index (χ2v) is 8.15. The van der Waals surface area contributed by atoms with Gasteiger partial charge in [0.15, 0.2) is 11.5 Å². The summed E-state index contributed by atoms with van der Waals surface area (Å²) >= 11 is 0. The fourth-order valence-electron chi connectivity index (χ4n) is 4.67. The SMILES string of the molecule is COc1ccc2c(c1OC)C(=O)N1c3ccccc3C(=O)N(CC(=O)NCc3cccn3C)[C@@H]21. The second-order valence-electron chi connectivity index (χ2n) is 8.15. The third-order valence-corrected chi connectivity index (χ3v) is 6.32. The molecule has 9 nitrogen and oxygen atoms in total. The van der Waals surface area contributed by atoms with Crippen molar-refractivity contribution in [1.82, 2.24) is 14.8 Å². The van der Waals surface area contributed by atoms with Crippen molar-refractivity contribution in [3.63, 3.8) is 0 Å². The first kappa shape index (κ1) is 21.6. The van der Waals surface area contributed by atoms with E-state index in [0.717, 1.165) is 5.69 Å². The Morgan fingerprint density at radius 3 is 2.50 bits per heavy atom. The van der Waals surface area contributed by atoms with Crippen LogP contribution in [0.3, 0.4) is 0 Å². The third-order valence-electron chi connectivity index (χ3n) is 6.32. The standard InChI is InChI=1S/C25H24N4O5/c1-27-12-6-7-15(27)13-26-20(30)14-28-23-17-10-11-19(33-2)22(34-3)21(17)25(32)29(23)18-9-5-4-8-16(18)24(28)31/h4-12,23H,13-14H2,1-3H3,(H,26,30)/t23-/m1/s1. The van der Waals surface area contributed by atoms with Crippen LogP contribution in [0.25, 0.3) is 0 Å². The molecule has 2 aliphatic rings. The maximum atomic E-state index is 13.6. The number of hydrogen-bond acceptors (Lipinski definition) is 5. The highest BCUT2D eigenvalue weighted by atomic mass is 16.5. The number of nitrogens with one attached hydrogen (secondary N) is 1. The molecule has 34 heavy (non-hydrogen) atoms. The molecule has 3 heterocycles. The Bertz CT molecular complexity index is 1310. The summed E-state index contributed by atoms with van der Waals surface area (Å²) in [6.07, 6.45) is 1.12. The Labute approximate surface area is 196 Å². The van der Waals surface area contributed by atoms with Gasteiger partial charge in [-0.05, 0) is 30.3 Å². The molecule has 0 saturated carbocycles. The van der Waals surface area contributed by atoms with Gasteiger partial charge in [0.05, 0.1) is 37.6 Å². The number of rotatable bonds is 6. The van der Waals surface area contributed by atoms with E-state index in [1.54, 1.807) is 41.3 Å². The molecule has 0 fully saturated rings. The molecule has 0 saturated heterocycles. The summed E-state index contributed by atoms with van der Waals surface area (Å²) in [6, 6.07) is 14.2. The molecule has 2 aromatic carbocycles. The van der Waals surface area contributed by atoms with Gasteiger partial charge in [0.1, 0.15) is 12.7 Å². The molecule has 174 valence electrons. The van der Waals surface area contributed by atoms with E-state index in [0.29, 0.717) is 40.4 Å². The minimum atomic E-state index is -0.773. The molecule has 9 heteroatoms. The van der Waals surface area contributed by atoms with E-state index in [2.05, 4.69) is 5.32 Å². The minimum Gasteiger partial charge on any atom is -0.493 e. The Morgan fingerprint density at radius 2 is 1.79 bits per heavy atom. The highest BCUT2D eigenvalue weighted by Crippen LogP contribution is 2.49. The molecule has 0 radical (unpaired) electrons. The van der Waals surface area contributed by atoms with Crippen LogP contribution in [-0.4, -0.2) is 48.0 Å². The number of anilines is 1. The van der Waals surface area contributed by atoms with Crippen LogP contribution in [0.5, 0.6) is 11.5 Å². The zero-order valence-corrected chi connectivity index (χ0v) is 19.1. The number of aryl methyl sites for hydroxylation is 1. The molecule has 1 atom stereocenters. The van der Waals surface area contributed by atoms with Gasteiger partial charge in [0.2, 0.25) is 5.91 Å². The van der Waals surface area contributed by atoms with E-state index in [1.165, 1.54) is 19.1 Å². The average molecular weight is 460 g/mol. The smallest absolute Gasteiger partial charge is 0.264 e. The quantitative estimate of drug-likeness (QED) is 0.610. The average Bonchev–Trinajstić information content (AvgIpc) is 3.40. The van der Waals surface area contributed by atoms with Gasteiger partial charge < -0.3 is 24.3 Å². The summed E-state index contributed by atoms with van der Waals surface area (Å²) in [5.41, 5.74) is 2.70. The lowest BCUT2D eigenvalue weighted by molar-refractivity contribution is -0.122. The summed E-state index contributed by atoms with van der Waals surface area (Å²) in [4.78, 5) is 43.1. The topological polar surface area (TPSA) is 93.1 Å². The van der Waals surface area contributed by atoms with E-state index in [4.69, 9.17) is 9.47 Å². The fourth-order valence-corrected chi connectivity index (χ4v) is 4.67. The van der Waals surface area contributed by atoms with Gasteiger partial charge in [-0.2, -0.15) is 0 Å². The monoisotopic (exact) mass is 460 g/mol. The number of nitrogens with zero attached hydrogens (tertiary/aromatic N) is 3. The molecular weight excluding hydrogens is 436 g/mol. The molecular formula is C25H24N4O5. The van der Waals surface area contributed by atoms with Gasteiger partial charge in [-0.1, -0.05) is 18.2 Å². The molecule has 1 N–H and O–H groups in total. The van der Waals surface area contributed by atoms with Crippen molar-refractivity contribution in [2.45, 2.75) is 12.7 Å². The molecule has 0 bridgehead atoms. The largest absolute Gasteiger partial charge is 0.493 e. The van der Waals surface area contributed by atoms with Crippen LogP contribution in [0.2, 0.25) is 0 Å². The summed E-state index contributed by atoms with van der Waals surface area (Å²) in [5.74, 6) is -0.236. The molecule has 0 aliphatic carbocycles. The zero-order valence-electron chi connectivity index (χ0n) is 19.1. The molecule has 3 aromatic rings. The normalized spacial score (nSPS) is 16.1. The van der Waals surface area contributed by atoms with Crippen LogP contribution in [0, 0.1) is 0 Å². The van der Waals surface area contributed by atoms with Crippen LogP contribution < -0.4 is 19.7 Å². The van der Waals surface area contributed by atoms with E-state index >= 15 is 0 Å². The first-order valence-electron chi connectivity index (χ1n) is 10.8. The predicted molar refractivity (Wildman–Crippen MR) is 124 cm³/mol. The lowest BCUT2D eigenvalue weighted by Crippen LogP contribution is -2.51. The van der Waals surface area contributed by atoms with Crippen molar-refractivity contribution in [2.24, 2.45) is 7.05 Å². The van der Waals surface area contributed by atoms with Gasteiger partial charge in [-0.3, -0.25) is 19.3 Å². The van der Waals surface area contributed by atoms with Gasteiger partial charge in [0, 0.05) is 24.5 Å². The van der Waals surface area contributed by atoms with Crippen LogP contribution in [0.1, 0.15) is 38.1 Å². The fraction of sp³-hybridized carbons (Fsp3) is 0.240. The van der Waals surface area contributed by atoms with E-state index in [-0.39, 0.29) is 24.3 Å². The number of carbonyl (C=O) groups is 3. The summed E-state index contributed by atoms with van der Waals surface area (Å²) in [7, 11) is 4.86. The Balaban J connectivity index is 1.54. The summed E-state index contributed by atoms with van der Waals surface area (Å²) in [5, 5.41) is 2.87. The minimum absolute atomic E-state index is 0.209. The van der Waals surface area contributed by atoms with Gasteiger partial charge in [-0.25, -0.2) is 0 Å². The number of fused-ring (bicyclic) bond motifs is 5. The molecule has 1 aromatic heterocycles. The van der Waals surface area contributed by atoms with Crippen molar-refractivity contribution in [1.29, 1.82) is 0 Å². The lowest BCUT2D eigenvalue weighted by atomic mass is 10.0. The van der Waals surface area contributed by atoms with Crippen LogP contribution in [0.15, 0.2) is 54.7 Å². The first-order valence-corrected chi connectivity index (χ1v) is 10.8. The first-order chi connectivity index (χ1) is 16.5.